The van der Waals surface area contributed by atoms with Crippen LogP contribution in [0.5, 0.6) is 0 Å². The second kappa shape index (κ2) is 53.4. The molecule has 0 amide bonds. The molecule has 1 radical (unpaired) electrons. The zero-order valence-corrected chi connectivity index (χ0v) is 3.51. The van der Waals surface area contributed by atoms with Crippen LogP contribution in [0.3, 0.4) is 0 Å². The molecule has 0 bridgehead atoms. The number of hydrogen-bond donors (Lipinski definition) is 0. The standard InChI is InChI=1S/ClH.Co.2H2O/h1H;;2*1H2/q;+2;;/p-1. The van der Waals surface area contributed by atoms with E-state index in [-0.39, 0.29) is 40.1 Å². The van der Waals surface area contributed by atoms with Crippen LogP contribution >= 0.6 is 0 Å². The molecule has 0 spiro atoms. The van der Waals surface area contributed by atoms with Crippen molar-refractivity contribution in [3.05, 3.63) is 0 Å². The Morgan fingerprint density at radius 3 is 0.750 bits per heavy atom. The summed E-state index contributed by atoms with van der Waals surface area (Å²) in [6.07, 6.45) is 0. The average molecular weight is 130 g/mol. The Hall–Kier alpha value is 0.716. The van der Waals surface area contributed by atoms with Crippen molar-refractivity contribution >= 4 is 0 Å². The van der Waals surface area contributed by atoms with Crippen molar-refractivity contribution in [3.8, 4) is 0 Å². The van der Waals surface area contributed by atoms with Crippen molar-refractivity contribution < 1.29 is 40.1 Å². The Morgan fingerprint density at radius 2 is 0.750 bits per heavy atom. The summed E-state index contributed by atoms with van der Waals surface area (Å²) >= 11 is 0. The van der Waals surface area contributed by atoms with Crippen molar-refractivity contribution in [3.63, 3.8) is 0 Å². The van der Waals surface area contributed by atoms with Gasteiger partial charge in [-0.3, -0.25) is 0 Å². The summed E-state index contributed by atoms with van der Waals surface area (Å²) in [5, 5.41) is 0. The van der Waals surface area contributed by atoms with Crippen LogP contribution in [0, 0.1) is 0 Å². The molecule has 0 aliphatic heterocycles. The summed E-state index contributed by atoms with van der Waals surface area (Å²) in [4.78, 5) is 0. The quantitative estimate of drug-likeness (QED) is 0.317. The van der Waals surface area contributed by atoms with E-state index in [0.717, 1.165) is 0 Å². The van der Waals surface area contributed by atoms with E-state index < -0.39 is 0 Å². The van der Waals surface area contributed by atoms with E-state index in [0.29, 0.717) is 0 Å². The van der Waals surface area contributed by atoms with Gasteiger partial charge in [-0.25, -0.2) is 0 Å². The Kier molecular flexibility index (Phi) is 1690. The molecular weight excluding hydrogens is 126 g/mol. The van der Waals surface area contributed by atoms with Gasteiger partial charge >= 0.3 is 16.8 Å². The van der Waals surface area contributed by atoms with Gasteiger partial charge in [0.25, 0.3) is 0 Å². The van der Waals surface area contributed by atoms with Crippen LogP contribution in [-0.2, 0) is 16.8 Å². The van der Waals surface area contributed by atoms with Gasteiger partial charge in [0.1, 0.15) is 0 Å². The van der Waals surface area contributed by atoms with Gasteiger partial charge in [-0.05, 0) is 0 Å². The fraction of sp³-hybridized carbons (Fsp3) is 0. The fourth-order valence-electron chi connectivity index (χ4n) is 0. The van der Waals surface area contributed by atoms with Crippen LogP contribution in [-0.4, -0.2) is 11.0 Å². The normalized spacial score (nSPS) is 0. The summed E-state index contributed by atoms with van der Waals surface area (Å²) in [6, 6.07) is 0. The number of hydrogen-bond acceptors (Lipinski definition) is 0. The second-order valence-electron chi connectivity index (χ2n) is 0. The second-order valence-corrected chi connectivity index (χ2v) is 0. The average Bonchev–Trinajstić information content (AvgIpc) is 0. The molecule has 0 aliphatic rings. The molecule has 31 valence electrons. The van der Waals surface area contributed by atoms with Crippen molar-refractivity contribution in [1.82, 2.24) is 0 Å². The van der Waals surface area contributed by atoms with E-state index in [4.69, 9.17) is 0 Å². The van der Waals surface area contributed by atoms with E-state index in [1.165, 1.54) is 0 Å². The monoisotopic (exact) mass is 130 g/mol. The summed E-state index contributed by atoms with van der Waals surface area (Å²) in [6.45, 7) is 0. The van der Waals surface area contributed by atoms with E-state index in [9.17, 15) is 0 Å². The minimum Gasteiger partial charge on any atom is -1.00 e. The minimum atomic E-state index is 0. The summed E-state index contributed by atoms with van der Waals surface area (Å²) in [7, 11) is 0. The van der Waals surface area contributed by atoms with Crippen LogP contribution in [0.1, 0.15) is 0 Å². The molecule has 4 N–H and O–H groups in total. The maximum absolute atomic E-state index is 0. The minimum absolute atomic E-state index is 0. The largest absolute Gasteiger partial charge is 2.00 e. The maximum atomic E-state index is 0. The summed E-state index contributed by atoms with van der Waals surface area (Å²) in [5.74, 6) is 0. The molecule has 0 rings (SSSR count). The topological polar surface area (TPSA) is 63.0 Å². The predicted octanol–water partition coefficient (Wildman–Crippen LogP) is -4.65. The predicted molar refractivity (Wildman–Crippen MR) is 7.23 cm³/mol. The SMILES string of the molecule is O.O.[Cl-].[Co+2]. The first-order valence-corrected chi connectivity index (χ1v) is 0. The Bertz CT molecular complexity index is 6.00. The molecule has 0 fully saturated rings. The molecule has 0 aromatic heterocycles. The fourth-order valence-corrected chi connectivity index (χ4v) is 0. The molecule has 4 heavy (non-hydrogen) atoms. The van der Waals surface area contributed by atoms with Gasteiger partial charge in [0, 0.05) is 0 Å². The van der Waals surface area contributed by atoms with Crippen molar-refractivity contribution in [2.45, 2.75) is 0 Å². The first-order chi connectivity index (χ1) is 0. The van der Waals surface area contributed by atoms with E-state index in [1.807, 2.05) is 0 Å². The molecule has 0 saturated heterocycles. The van der Waals surface area contributed by atoms with Gasteiger partial charge in [-0.2, -0.15) is 0 Å². The van der Waals surface area contributed by atoms with Gasteiger partial charge in [-0.15, -0.1) is 0 Å². The molecule has 0 atom stereocenters. The third-order valence-corrected chi connectivity index (χ3v) is 0. The smallest absolute Gasteiger partial charge is 1.00 e. The van der Waals surface area contributed by atoms with E-state index in [2.05, 4.69) is 0 Å². The van der Waals surface area contributed by atoms with Gasteiger partial charge in [0.15, 0.2) is 0 Å². The Balaban J connectivity index is 0. The number of halogens is 1. The van der Waals surface area contributed by atoms with Crippen molar-refractivity contribution in [1.29, 1.82) is 0 Å². The zero-order chi connectivity index (χ0) is 0. The summed E-state index contributed by atoms with van der Waals surface area (Å²) in [5.41, 5.74) is 0. The molecular formula is H4ClCoO2+. The molecule has 0 saturated carbocycles. The van der Waals surface area contributed by atoms with Gasteiger partial charge < -0.3 is 23.4 Å². The van der Waals surface area contributed by atoms with Crippen molar-refractivity contribution in [2.24, 2.45) is 0 Å². The molecule has 0 heterocycles. The van der Waals surface area contributed by atoms with Crippen LogP contribution in [0.15, 0.2) is 0 Å². The third-order valence-electron chi connectivity index (χ3n) is 0. The molecule has 0 aromatic carbocycles. The van der Waals surface area contributed by atoms with Gasteiger partial charge in [-0.1, -0.05) is 0 Å². The van der Waals surface area contributed by atoms with Crippen LogP contribution in [0.4, 0.5) is 0 Å². The third kappa shape index (κ3) is 15.6. The summed E-state index contributed by atoms with van der Waals surface area (Å²) < 4.78 is 0. The molecule has 0 aliphatic carbocycles. The van der Waals surface area contributed by atoms with Crippen LogP contribution in [0.25, 0.3) is 0 Å². The molecule has 4 heteroatoms. The maximum Gasteiger partial charge on any atom is 2.00 e. The molecule has 0 aromatic rings. The van der Waals surface area contributed by atoms with E-state index >= 15 is 0 Å². The zero-order valence-electron chi connectivity index (χ0n) is 1.71. The van der Waals surface area contributed by atoms with Gasteiger partial charge in [0.05, 0.1) is 0 Å². The number of rotatable bonds is 0. The first kappa shape index (κ1) is 127. The Morgan fingerprint density at radius 1 is 0.750 bits per heavy atom. The van der Waals surface area contributed by atoms with Crippen molar-refractivity contribution in [2.75, 3.05) is 0 Å². The van der Waals surface area contributed by atoms with Crippen LogP contribution < -0.4 is 12.4 Å². The van der Waals surface area contributed by atoms with E-state index in [1.54, 1.807) is 0 Å². The Labute approximate surface area is 40.8 Å². The first-order valence-electron chi connectivity index (χ1n) is 0. The van der Waals surface area contributed by atoms with Crippen LogP contribution in [0.2, 0.25) is 0 Å². The molecule has 0 unspecified atom stereocenters. The molecule has 2 nitrogen and oxygen atoms in total. The van der Waals surface area contributed by atoms with Gasteiger partial charge in [0.2, 0.25) is 0 Å².